The fourth-order valence-electron chi connectivity index (χ4n) is 2.90. The van der Waals surface area contributed by atoms with Crippen LogP contribution in [0.1, 0.15) is 19.3 Å². The molecule has 0 aromatic carbocycles. The molecule has 2 aliphatic rings. The third-order valence-electron chi connectivity index (χ3n) is 4.19. The fourth-order valence-corrected chi connectivity index (χ4v) is 3.79. The molecule has 0 atom stereocenters. The fraction of sp³-hybridized carbons (Fsp3) is 1.00. The lowest BCUT2D eigenvalue weighted by atomic mass is 9.85. The van der Waals surface area contributed by atoms with E-state index in [1.165, 1.54) is 56.9 Å². The van der Waals surface area contributed by atoms with E-state index in [4.69, 9.17) is 5.73 Å². The molecule has 0 spiro atoms. The van der Waals surface area contributed by atoms with Crippen molar-refractivity contribution in [3.63, 3.8) is 0 Å². The van der Waals surface area contributed by atoms with Crippen LogP contribution in [0.3, 0.4) is 0 Å². The van der Waals surface area contributed by atoms with E-state index < -0.39 is 0 Å². The van der Waals surface area contributed by atoms with Gasteiger partial charge in [-0.1, -0.05) is 0 Å². The molecule has 4 heteroatoms. The van der Waals surface area contributed by atoms with Gasteiger partial charge in [0.15, 0.2) is 0 Å². The average molecular weight is 243 g/mol. The second kappa shape index (κ2) is 5.71. The first kappa shape index (κ1) is 12.7. The van der Waals surface area contributed by atoms with Crippen LogP contribution in [0, 0.1) is 0 Å². The van der Waals surface area contributed by atoms with Gasteiger partial charge in [0.1, 0.15) is 0 Å². The van der Waals surface area contributed by atoms with Crippen molar-refractivity contribution in [2.75, 3.05) is 51.3 Å². The summed E-state index contributed by atoms with van der Waals surface area (Å²) in [5.41, 5.74) is 6.42. The molecule has 0 unspecified atom stereocenters. The highest BCUT2D eigenvalue weighted by molar-refractivity contribution is 7.99. The molecular weight excluding hydrogens is 218 g/mol. The van der Waals surface area contributed by atoms with Gasteiger partial charge in [0.2, 0.25) is 0 Å². The van der Waals surface area contributed by atoms with E-state index in [-0.39, 0.29) is 0 Å². The first-order chi connectivity index (χ1) is 7.77. The van der Waals surface area contributed by atoms with Crippen LogP contribution in [0.25, 0.3) is 0 Å². The van der Waals surface area contributed by atoms with Gasteiger partial charge in [-0.25, -0.2) is 0 Å². The number of likely N-dealkylation sites (tertiary alicyclic amines) is 1. The lowest BCUT2D eigenvalue weighted by Crippen LogP contribution is -2.59. The molecule has 0 saturated carbocycles. The normalized spacial score (nSPS) is 28.9. The molecule has 16 heavy (non-hydrogen) atoms. The standard InChI is InChI=1S/C12H25N3S/c1-14-6-3-12(11-13,4-7-14)15-5-2-9-16-10-8-15/h2-11,13H2,1H3. The van der Waals surface area contributed by atoms with Crippen LogP contribution in [0.4, 0.5) is 0 Å². The van der Waals surface area contributed by atoms with E-state index in [0.29, 0.717) is 5.54 Å². The monoisotopic (exact) mass is 243 g/mol. The molecule has 0 amide bonds. The van der Waals surface area contributed by atoms with Gasteiger partial charge in [0, 0.05) is 24.4 Å². The number of hydrogen-bond acceptors (Lipinski definition) is 4. The number of hydrogen-bond donors (Lipinski definition) is 1. The summed E-state index contributed by atoms with van der Waals surface area (Å²) in [4.78, 5) is 5.13. The Balaban J connectivity index is 2.01. The number of thioether (sulfide) groups is 1. The Morgan fingerprint density at radius 2 is 1.88 bits per heavy atom. The molecular formula is C12H25N3S. The molecule has 3 nitrogen and oxygen atoms in total. The van der Waals surface area contributed by atoms with Gasteiger partial charge >= 0.3 is 0 Å². The number of nitrogens with two attached hydrogens (primary N) is 1. The maximum absolute atomic E-state index is 6.10. The van der Waals surface area contributed by atoms with Crippen LogP contribution >= 0.6 is 11.8 Å². The summed E-state index contributed by atoms with van der Waals surface area (Å²) in [6, 6.07) is 0. The molecule has 0 radical (unpaired) electrons. The molecule has 0 aliphatic carbocycles. The van der Waals surface area contributed by atoms with Gasteiger partial charge in [-0.3, -0.25) is 4.90 Å². The van der Waals surface area contributed by atoms with Crippen molar-refractivity contribution in [3.8, 4) is 0 Å². The molecule has 2 saturated heterocycles. The van der Waals surface area contributed by atoms with E-state index in [0.717, 1.165) is 6.54 Å². The highest BCUT2D eigenvalue weighted by Crippen LogP contribution is 2.29. The predicted octanol–water partition coefficient (Wildman–Crippen LogP) is 0.848. The molecule has 2 fully saturated rings. The summed E-state index contributed by atoms with van der Waals surface area (Å²) in [6.07, 6.45) is 3.84. The lowest BCUT2D eigenvalue weighted by Gasteiger charge is -2.47. The molecule has 2 N–H and O–H groups in total. The number of piperidine rings is 1. The van der Waals surface area contributed by atoms with Crippen LogP contribution in [0.2, 0.25) is 0 Å². The van der Waals surface area contributed by atoms with Crippen LogP contribution in [-0.2, 0) is 0 Å². The zero-order valence-corrected chi connectivity index (χ0v) is 11.3. The van der Waals surface area contributed by atoms with Crippen molar-refractivity contribution in [2.45, 2.75) is 24.8 Å². The zero-order chi connectivity index (χ0) is 11.4. The van der Waals surface area contributed by atoms with Crippen LogP contribution in [0.15, 0.2) is 0 Å². The first-order valence-corrected chi connectivity index (χ1v) is 7.64. The summed E-state index contributed by atoms with van der Waals surface area (Å²) in [5.74, 6) is 2.62. The van der Waals surface area contributed by atoms with Crippen molar-refractivity contribution in [1.82, 2.24) is 9.80 Å². The quantitative estimate of drug-likeness (QED) is 0.779. The van der Waals surface area contributed by atoms with Crippen molar-refractivity contribution in [3.05, 3.63) is 0 Å². The van der Waals surface area contributed by atoms with E-state index in [2.05, 4.69) is 28.6 Å². The average Bonchev–Trinajstić information content (AvgIpc) is 2.60. The summed E-state index contributed by atoms with van der Waals surface area (Å²) in [5, 5.41) is 0. The number of rotatable bonds is 2. The summed E-state index contributed by atoms with van der Waals surface area (Å²) in [6.45, 7) is 5.76. The molecule has 0 aromatic rings. The molecule has 94 valence electrons. The van der Waals surface area contributed by atoms with E-state index in [9.17, 15) is 0 Å². The minimum absolute atomic E-state index is 0.317. The summed E-state index contributed by atoms with van der Waals surface area (Å²) in [7, 11) is 2.22. The maximum Gasteiger partial charge on any atom is 0.0356 e. The molecule has 2 rings (SSSR count). The second-order valence-electron chi connectivity index (χ2n) is 5.18. The second-order valence-corrected chi connectivity index (χ2v) is 6.41. The lowest BCUT2D eigenvalue weighted by molar-refractivity contribution is 0.0397. The highest BCUT2D eigenvalue weighted by atomic mass is 32.2. The Hall–Kier alpha value is 0.230. The predicted molar refractivity (Wildman–Crippen MR) is 72.0 cm³/mol. The van der Waals surface area contributed by atoms with Gasteiger partial charge < -0.3 is 10.6 Å². The van der Waals surface area contributed by atoms with Gasteiger partial charge in [-0.2, -0.15) is 11.8 Å². The van der Waals surface area contributed by atoms with Crippen molar-refractivity contribution in [1.29, 1.82) is 0 Å². The van der Waals surface area contributed by atoms with Crippen LogP contribution in [-0.4, -0.2) is 66.6 Å². The summed E-state index contributed by atoms with van der Waals surface area (Å²) >= 11 is 2.10. The van der Waals surface area contributed by atoms with Crippen molar-refractivity contribution in [2.24, 2.45) is 5.73 Å². The Kier molecular flexibility index (Phi) is 4.53. The Labute approximate surface area is 104 Å². The van der Waals surface area contributed by atoms with Gasteiger partial charge in [0.25, 0.3) is 0 Å². The first-order valence-electron chi connectivity index (χ1n) is 6.48. The van der Waals surface area contributed by atoms with Gasteiger partial charge in [-0.15, -0.1) is 0 Å². The van der Waals surface area contributed by atoms with Crippen molar-refractivity contribution < 1.29 is 0 Å². The van der Waals surface area contributed by atoms with E-state index in [1.807, 2.05) is 0 Å². The molecule has 0 aromatic heterocycles. The Bertz CT molecular complexity index is 206. The minimum Gasteiger partial charge on any atom is -0.329 e. The molecule has 2 heterocycles. The molecule has 0 bridgehead atoms. The third kappa shape index (κ3) is 2.73. The van der Waals surface area contributed by atoms with Crippen LogP contribution in [0.5, 0.6) is 0 Å². The molecule has 2 aliphatic heterocycles. The van der Waals surface area contributed by atoms with Crippen molar-refractivity contribution >= 4 is 11.8 Å². The largest absolute Gasteiger partial charge is 0.329 e. The summed E-state index contributed by atoms with van der Waals surface area (Å²) < 4.78 is 0. The topological polar surface area (TPSA) is 32.5 Å². The Morgan fingerprint density at radius 3 is 2.56 bits per heavy atom. The van der Waals surface area contributed by atoms with E-state index >= 15 is 0 Å². The third-order valence-corrected chi connectivity index (χ3v) is 5.24. The van der Waals surface area contributed by atoms with Crippen LogP contribution < -0.4 is 5.73 Å². The highest BCUT2D eigenvalue weighted by Gasteiger charge is 2.37. The van der Waals surface area contributed by atoms with Gasteiger partial charge in [0.05, 0.1) is 0 Å². The Morgan fingerprint density at radius 1 is 1.12 bits per heavy atom. The zero-order valence-electron chi connectivity index (χ0n) is 10.5. The maximum atomic E-state index is 6.10. The SMILES string of the molecule is CN1CCC(CN)(N2CCCSCC2)CC1. The number of nitrogens with zero attached hydrogens (tertiary/aromatic N) is 2. The smallest absolute Gasteiger partial charge is 0.0356 e. The van der Waals surface area contributed by atoms with E-state index in [1.54, 1.807) is 0 Å². The van der Waals surface area contributed by atoms with Gasteiger partial charge in [-0.05, 0) is 51.7 Å². The minimum atomic E-state index is 0.317.